The summed E-state index contributed by atoms with van der Waals surface area (Å²) in [6.07, 6.45) is 1.69. The minimum atomic E-state index is -0.226. The highest BCUT2D eigenvalue weighted by Gasteiger charge is 2.12. The van der Waals surface area contributed by atoms with Gasteiger partial charge in [-0.3, -0.25) is 0 Å². The molecule has 0 amide bonds. The number of carbonyl (C=O) groups is 1. The first-order valence-electron chi connectivity index (χ1n) is 4.46. The zero-order valence-electron chi connectivity index (χ0n) is 7.95. The van der Waals surface area contributed by atoms with Crippen molar-refractivity contribution < 1.29 is 9.90 Å². The van der Waals surface area contributed by atoms with Crippen molar-refractivity contribution in [3.8, 4) is 5.75 Å². The van der Waals surface area contributed by atoms with Crippen LogP contribution in [-0.2, 0) is 11.2 Å². The fourth-order valence-corrected chi connectivity index (χ4v) is 1.50. The Morgan fingerprint density at radius 3 is 2.77 bits per heavy atom. The summed E-state index contributed by atoms with van der Waals surface area (Å²) in [6, 6.07) is 5.36. The Kier molecular flexibility index (Phi) is 3.07. The van der Waals surface area contributed by atoms with E-state index >= 15 is 0 Å². The van der Waals surface area contributed by atoms with Crippen molar-refractivity contribution in [1.29, 1.82) is 0 Å². The molecule has 1 unspecified atom stereocenters. The molecule has 0 aliphatic heterocycles. The van der Waals surface area contributed by atoms with Gasteiger partial charge in [0.05, 0.1) is 0 Å². The van der Waals surface area contributed by atoms with Crippen LogP contribution in [0.4, 0.5) is 0 Å². The van der Waals surface area contributed by atoms with Crippen LogP contribution in [0.15, 0.2) is 18.2 Å². The van der Waals surface area contributed by atoms with Gasteiger partial charge in [0.1, 0.15) is 12.0 Å². The maximum atomic E-state index is 10.6. The third-order valence-corrected chi connectivity index (χ3v) is 2.21. The van der Waals surface area contributed by atoms with E-state index < -0.39 is 0 Å². The Morgan fingerprint density at radius 1 is 1.54 bits per heavy atom. The highest BCUT2D eigenvalue weighted by atomic mass is 16.3. The molecule has 2 heteroatoms. The number of phenolic OH excluding ortho intramolecular Hbond substituents is 1. The Morgan fingerprint density at radius 2 is 2.23 bits per heavy atom. The van der Waals surface area contributed by atoms with Crippen LogP contribution in [-0.4, -0.2) is 11.4 Å². The molecule has 13 heavy (non-hydrogen) atoms. The van der Waals surface area contributed by atoms with Crippen molar-refractivity contribution >= 4 is 6.29 Å². The molecular formula is C11H14O2. The van der Waals surface area contributed by atoms with Gasteiger partial charge in [-0.2, -0.15) is 0 Å². The molecule has 2 nitrogen and oxygen atoms in total. The van der Waals surface area contributed by atoms with Crippen molar-refractivity contribution in [3.63, 3.8) is 0 Å². The number of rotatable bonds is 3. The predicted octanol–water partition coefficient (Wildman–Crippen LogP) is 2.26. The summed E-state index contributed by atoms with van der Waals surface area (Å²) in [5, 5.41) is 9.57. The van der Waals surface area contributed by atoms with Crippen LogP contribution < -0.4 is 0 Å². The minimum Gasteiger partial charge on any atom is -0.508 e. The average Bonchev–Trinajstić information content (AvgIpc) is 2.16. The van der Waals surface area contributed by atoms with E-state index in [0.29, 0.717) is 0 Å². The molecule has 0 heterocycles. The third-order valence-electron chi connectivity index (χ3n) is 2.21. The molecule has 0 fully saturated rings. The van der Waals surface area contributed by atoms with Crippen LogP contribution in [0.2, 0.25) is 0 Å². The SMILES string of the molecule is CCc1cccc(O)c1C(C)C=O. The van der Waals surface area contributed by atoms with Gasteiger partial charge in [0.25, 0.3) is 0 Å². The first kappa shape index (κ1) is 9.78. The quantitative estimate of drug-likeness (QED) is 0.721. The maximum absolute atomic E-state index is 10.6. The molecule has 0 saturated heterocycles. The largest absolute Gasteiger partial charge is 0.508 e. The molecule has 0 radical (unpaired) electrons. The topological polar surface area (TPSA) is 37.3 Å². The van der Waals surface area contributed by atoms with Gasteiger partial charge in [-0.25, -0.2) is 0 Å². The summed E-state index contributed by atoms with van der Waals surface area (Å²) < 4.78 is 0. The number of hydrogen-bond acceptors (Lipinski definition) is 2. The van der Waals surface area contributed by atoms with Gasteiger partial charge in [-0.15, -0.1) is 0 Å². The van der Waals surface area contributed by atoms with Gasteiger partial charge in [-0.05, 0) is 18.1 Å². The normalized spacial score (nSPS) is 12.5. The summed E-state index contributed by atoms with van der Waals surface area (Å²) in [5.74, 6) is -0.00454. The number of aromatic hydroxyl groups is 1. The van der Waals surface area contributed by atoms with E-state index in [2.05, 4.69) is 0 Å². The summed E-state index contributed by atoms with van der Waals surface area (Å²) in [7, 11) is 0. The van der Waals surface area contributed by atoms with Gasteiger partial charge < -0.3 is 9.90 Å². The number of carbonyl (C=O) groups excluding carboxylic acids is 1. The smallest absolute Gasteiger partial charge is 0.127 e. The van der Waals surface area contributed by atoms with Crippen LogP contribution in [0.3, 0.4) is 0 Å². The second-order valence-corrected chi connectivity index (χ2v) is 3.13. The van der Waals surface area contributed by atoms with Crippen LogP contribution in [0, 0.1) is 0 Å². The van der Waals surface area contributed by atoms with Crippen LogP contribution in [0.5, 0.6) is 5.75 Å². The van der Waals surface area contributed by atoms with E-state index in [-0.39, 0.29) is 11.7 Å². The number of hydrogen-bond donors (Lipinski definition) is 1. The molecule has 1 rings (SSSR count). The second kappa shape index (κ2) is 4.08. The fourth-order valence-electron chi connectivity index (χ4n) is 1.50. The monoisotopic (exact) mass is 178 g/mol. The molecule has 0 spiro atoms. The van der Waals surface area contributed by atoms with Crippen molar-refractivity contribution in [1.82, 2.24) is 0 Å². The molecule has 0 aliphatic rings. The van der Waals surface area contributed by atoms with Crippen LogP contribution >= 0.6 is 0 Å². The molecule has 70 valence electrons. The number of aryl methyl sites for hydroxylation is 1. The lowest BCUT2D eigenvalue weighted by molar-refractivity contribution is -0.108. The van der Waals surface area contributed by atoms with Crippen molar-refractivity contribution in [3.05, 3.63) is 29.3 Å². The van der Waals surface area contributed by atoms with Gasteiger partial charge >= 0.3 is 0 Å². The van der Waals surface area contributed by atoms with Crippen molar-refractivity contribution in [2.45, 2.75) is 26.2 Å². The summed E-state index contributed by atoms with van der Waals surface area (Å²) in [5.41, 5.74) is 1.81. The van der Waals surface area contributed by atoms with Crippen LogP contribution in [0.1, 0.15) is 30.9 Å². The lowest BCUT2D eigenvalue weighted by atomic mass is 9.94. The Labute approximate surface area is 78.2 Å². The standard InChI is InChI=1S/C11H14O2/c1-3-9-5-4-6-10(13)11(9)8(2)7-12/h4-8,13H,3H2,1-2H3. The molecular weight excluding hydrogens is 164 g/mol. The molecule has 0 aliphatic carbocycles. The summed E-state index contributed by atoms with van der Waals surface area (Å²) in [6.45, 7) is 3.80. The number of benzene rings is 1. The predicted molar refractivity (Wildman–Crippen MR) is 52.0 cm³/mol. The lowest BCUT2D eigenvalue weighted by Crippen LogP contribution is -1.99. The summed E-state index contributed by atoms with van der Waals surface area (Å²) in [4.78, 5) is 10.6. The Bertz CT molecular complexity index is 305. The van der Waals surface area contributed by atoms with Gasteiger partial charge in [0.15, 0.2) is 0 Å². The fraction of sp³-hybridized carbons (Fsp3) is 0.364. The van der Waals surface area contributed by atoms with E-state index in [4.69, 9.17) is 0 Å². The lowest BCUT2D eigenvalue weighted by Gasteiger charge is -2.11. The van der Waals surface area contributed by atoms with E-state index in [1.165, 1.54) is 0 Å². The highest BCUT2D eigenvalue weighted by Crippen LogP contribution is 2.28. The maximum Gasteiger partial charge on any atom is 0.127 e. The molecule has 1 N–H and O–H groups in total. The van der Waals surface area contributed by atoms with Gasteiger partial charge in [-0.1, -0.05) is 26.0 Å². The van der Waals surface area contributed by atoms with Crippen LogP contribution in [0.25, 0.3) is 0 Å². The van der Waals surface area contributed by atoms with E-state index in [1.54, 1.807) is 19.1 Å². The Balaban J connectivity index is 3.22. The van der Waals surface area contributed by atoms with Crippen molar-refractivity contribution in [2.75, 3.05) is 0 Å². The van der Waals surface area contributed by atoms with Gasteiger partial charge in [0, 0.05) is 11.5 Å². The molecule has 0 aromatic heterocycles. The zero-order chi connectivity index (χ0) is 9.84. The van der Waals surface area contributed by atoms with E-state index in [1.807, 2.05) is 13.0 Å². The average molecular weight is 178 g/mol. The number of phenols is 1. The minimum absolute atomic E-state index is 0.221. The zero-order valence-corrected chi connectivity index (χ0v) is 7.95. The molecule has 0 saturated carbocycles. The summed E-state index contributed by atoms with van der Waals surface area (Å²) >= 11 is 0. The molecule has 1 atom stereocenters. The molecule has 0 bridgehead atoms. The molecule has 1 aromatic carbocycles. The highest BCUT2D eigenvalue weighted by molar-refractivity contribution is 5.65. The first-order chi connectivity index (χ1) is 6.20. The second-order valence-electron chi connectivity index (χ2n) is 3.13. The molecule has 1 aromatic rings. The van der Waals surface area contributed by atoms with Gasteiger partial charge in [0.2, 0.25) is 0 Å². The van der Waals surface area contributed by atoms with Crippen molar-refractivity contribution in [2.24, 2.45) is 0 Å². The third kappa shape index (κ3) is 1.89. The van der Waals surface area contributed by atoms with E-state index in [9.17, 15) is 9.90 Å². The van der Waals surface area contributed by atoms with E-state index in [0.717, 1.165) is 23.8 Å². The number of aldehydes is 1. The first-order valence-corrected chi connectivity index (χ1v) is 4.46. The Hall–Kier alpha value is -1.31.